The molecule has 1 N–H and O–H groups in total. The Morgan fingerprint density at radius 2 is 1.76 bits per heavy atom. The van der Waals surface area contributed by atoms with E-state index in [1.54, 1.807) is 43.7 Å². The molecular formula is C22H38N2O4Si. The van der Waals surface area contributed by atoms with Crippen LogP contribution < -0.4 is 10.9 Å². The molecular weight excluding hydrogens is 384 g/mol. The van der Waals surface area contributed by atoms with Gasteiger partial charge in [-0.3, -0.25) is 10.1 Å². The van der Waals surface area contributed by atoms with E-state index in [-0.39, 0.29) is 28.4 Å². The van der Waals surface area contributed by atoms with E-state index < -0.39 is 20.0 Å². The van der Waals surface area contributed by atoms with Crippen molar-refractivity contribution in [3.05, 3.63) is 28.7 Å². The molecule has 1 aromatic heterocycles. The Hall–Kier alpha value is -1.60. The summed E-state index contributed by atoms with van der Waals surface area (Å²) in [5.41, 5.74) is -0.601. The number of ether oxygens (including phenoxy) is 1. The summed E-state index contributed by atoms with van der Waals surface area (Å²) in [5.74, 6) is 0. The number of carbonyl (C=O) groups excluding carboxylic acids is 1. The van der Waals surface area contributed by atoms with Crippen LogP contribution in [0, 0.1) is 0 Å². The number of hydrogen-bond acceptors (Lipinski definition) is 4. The summed E-state index contributed by atoms with van der Waals surface area (Å²) in [6, 6.07) is 3.40. The lowest BCUT2D eigenvalue weighted by Crippen LogP contribution is -2.48. The van der Waals surface area contributed by atoms with Gasteiger partial charge in [0.2, 0.25) is 0 Å². The Labute approximate surface area is 176 Å². The first kappa shape index (κ1) is 23.7. The number of rotatable bonds is 4. The first-order valence-electron chi connectivity index (χ1n) is 10.6. The number of carbonyl (C=O) groups is 1. The van der Waals surface area contributed by atoms with E-state index in [0.717, 1.165) is 25.7 Å². The molecule has 0 aromatic carbocycles. The van der Waals surface area contributed by atoms with Gasteiger partial charge >= 0.3 is 6.09 Å². The number of aromatic nitrogens is 1. The summed E-state index contributed by atoms with van der Waals surface area (Å²) in [4.78, 5) is 25.3. The Morgan fingerprint density at radius 1 is 1.14 bits per heavy atom. The molecule has 2 rings (SSSR count). The summed E-state index contributed by atoms with van der Waals surface area (Å²) in [6.45, 7) is 16.6. The molecule has 164 valence electrons. The maximum absolute atomic E-state index is 13.1. The number of hydrogen-bond donors (Lipinski definition) is 1. The van der Waals surface area contributed by atoms with Gasteiger partial charge in [0.1, 0.15) is 11.3 Å². The quantitative estimate of drug-likeness (QED) is 0.632. The zero-order valence-electron chi connectivity index (χ0n) is 19.3. The fraction of sp³-hybridized carbons (Fsp3) is 0.727. The lowest BCUT2D eigenvalue weighted by Gasteiger charge is -2.43. The fourth-order valence-electron chi connectivity index (χ4n) is 3.37. The minimum atomic E-state index is -1.96. The Kier molecular flexibility index (Phi) is 7.05. The predicted octanol–water partition coefficient (Wildman–Crippen LogP) is 5.70. The second-order valence-electron chi connectivity index (χ2n) is 10.5. The lowest BCUT2D eigenvalue weighted by atomic mass is 9.92. The van der Waals surface area contributed by atoms with Gasteiger partial charge in [0.05, 0.1) is 12.1 Å². The molecule has 1 saturated carbocycles. The van der Waals surface area contributed by atoms with Crippen molar-refractivity contribution < 1.29 is 14.0 Å². The van der Waals surface area contributed by atoms with Crippen molar-refractivity contribution in [3.8, 4) is 0 Å². The number of amides is 1. The molecule has 2 atom stereocenters. The van der Waals surface area contributed by atoms with Crippen molar-refractivity contribution >= 4 is 20.1 Å². The third kappa shape index (κ3) is 6.19. The van der Waals surface area contributed by atoms with Crippen LogP contribution >= 0.6 is 0 Å². The zero-order valence-corrected chi connectivity index (χ0v) is 20.3. The third-order valence-electron chi connectivity index (χ3n) is 5.89. The van der Waals surface area contributed by atoms with Crippen molar-refractivity contribution in [2.24, 2.45) is 0 Å². The van der Waals surface area contributed by atoms with Crippen LogP contribution in [0.15, 0.2) is 23.1 Å². The molecule has 1 aliphatic rings. The number of nitrogens with one attached hydrogen (secondary N) is 1. The molecule has 1 unspecified atom stereocenters. The average molecular weight is 423 g/mol. The summed E-state index contributed by atoms with van der Waals surface area (Å²) in [6.07, 6.45) is 5.23. The van der Waals surface area contributed by atoms with Gasteiger partial charge in [-0.25, -0.2) is 4.79 Å². The van der Waals surface area contributed by atoms with Crippen molar-refractivity contribution in [1.29, 1.82) is 0 Å². The Bertz CT molecular complexity index is 774. The summed E-state index contributed by atoms with van der Waals surface area (Å²) in [7, 11) is -1.96. The van der Waals surface area contributed by atoms with Gasteiger partial charge < -0.3 is 13.7 Å². The van der Waals surface area contributed by atoms with Gasteiger partial charge in [0.15, 0.2) is 8.32 Å². The molecule has 6 nitrogen and oxygen atoms in total. The van der Waals surface area contributed by atoms with Crippen molar-refractivity contribution in [2.75, 3.05) is 5.32 Å². The van der Waals surface area contributed by atoms with Gasteiger partial charge in [-0.1, -0.05) is 33.6 Å². The summed E-state index contributed by atoms with van der Waals surface area (Å²) >= 11 is 0. The standard InChI is InChI=1S/C22H38N2O4Si/c1-21(2,3)27-20(26)23-16-12-11-15-24(19(16)25)17-13-9-10-14-18(17)28-29(7,8)22(4,5)6/h11-12,15,17-18H,9-10,13-14H2,1-8H3,(H,23,26)/t17?,18-/m1/s1. The average Bonchev–Trinajstić information content (AvgIpc) is 2.54. The van der Waals surface area contributed by atoms with Crippen LogP contribution in [0.25, 0.3) is 0 Å². The molecule has 0 radical (unpaired) electrons. The fourth-order valence-corrected chi connectivity index (χ4v) is 4.75. The molecule has 0 bridgehead atoms. The second kappa shape index (κ2) is 8.64. The van der Waals surface area contributed by atoms with Crippen molar-refractivity contribution in [1.82, 2.24) is 4.57 Å². The molecule has 29 heavy (non-hydrogen) atoms. The SMILES string of the molecule is CC(C)(C)OC(=O)Nc1cccn(C2CCCC[C@H]2O[Si](C)(C)C(C)(C)C)c1=O. The molecule has 0 saturated heterocycles. The van der Waals surface area contributed by atoms with E-state index in [0.29, 0.717) is 0 Å². The molecule has 1 aromatic rings. The highest BCUT2D eigenvalue weighted by atomic mass is 28.4. The zero-order chi connectivity index (χ0) is 22.0. The lowest BCUT2D eigenvalue weighted by molar-refractivity contribution is 0.0635. The normalized spacial score (nSPS) is 21.0. The minimum Gasteiger partial charge on any atom is -0.444 e. The van der Waals surface area contributed by atoms with Crippen molar-refractivity contribution in [3.63, 3.8) is 0 Å². The van der Waals surface area contributed by atoms with Gasteiger partial charge in [0, 0.05) is 6.20 Å². The Morgan fingerprint density at radius 3 is 2.34 bits per heavy atom. The van der Waals surface area contributed by atoms with Crippen molar-refractivity contribution in [2.45, 2.75) is 103 Å². The smallest absolute Gasteiger partial charge is 0.412 e. The van der Waals surface area contributed by atoms with E-state index in [9.17, 15) is 9.59 Å². The van der Waals surface area contributed by atoms with Crippen LogP contribution in [0.4, 0.5) is 10.5 Å². The van der Waals surface area contributed by atoms with Gasteiger partial charge in [-0.2, -0.15) is 0 Å². The van der Waals surface area contributed by atoms with Crippen LogP contribution in [-0.4, -0.2) is 30.7 Å². The van der Waals surface area contributed by atoms with Gasteiger partial charge in [-0.15, -0.1) is 0 Å². The highest BCUT2D eigenvalue weighted by Gasteiger charge is 2.41. The van der Waals surface area contributed by atoms with E-state index in [4.69, 9.17) is 9.16 Å². The maximum Gasteiger partial charge on any atom is 0.412 e. The van der Waals surface area contributed by atoms with E-state index in [2.05, 4.69) is 39.2 Å². The van der Waals surface area contributed by atoms with Crippen LogP contribution in [-0.2, 0) is 9.16 Å². The third-order valence-corrected chi connectivity index (χ3v) is 10.4. The van der Waals surface area contributed by atoms with Crippen LogP contribution in [0.1, 0.15) is 73.3 Å². The Balaban J connectivity index is 2.27. The molecule has 1 amide bonds. The van der Waals surface area contributed by atoms with Crippen LogP contribution in [0.3, 0.4) is 0 Å². The highest BCUT2D eigenvalue weighted by Crippen LogP contribution is 2.41. The predicted molar refractivity (Wildman–Crippen MR) is 120 cm³/mol. The first-order valence-corrected chi connectivity index (χ1v) is 13.5. The van der Waals surface area contributed by atoms with Gasteiger partial charge in [-0.05, 0) is 63.9 Å². The van der Waals surface area contributed by atoms with E-state index in [1.807, 2.05) is 0 Å². The molecule has 1 aliphatic carbocycles. The van der Waals surface area contributed by atoms with Crippen LogP contribution in [0.2, 0.25) is 18.1 Å². The highest BCUT2D eigenvalue weighted by molar-refractivity contribution is 6.74. The number of pyridine rings is 1. The summed E-state index contributed by atoms with van der Waals surface area (Å²) in [5, 5.41) is 2.72. The molecule has 1 fully saturated rings. The monoisotopic (exact) mass is 422 g/mol. The first-order chi connectivity index (χ1) is 13.2. The minimum absolute atomic E-state index is 0.0131. The van der Waals surface area contributed by atoms with E-state index in [1.165, 1.54) is 0 Å². The molecule has 0 spiro atoms. The summed E-state index contributed by atoms with van der Waals surface area (Å²) < 4.78 is 13.7. The molecule has 7 heteroatoms. The van der Waals surface area contributed by atoms with Gasteiger partial charge in [0.25, 0.3) is 5.56 Å². The number of nitrogens with zero attached hydrogens (tertiary/aromatic N) is 1. The molecule has 1 heterocycles. The molecule has 0 aliphatic heterocycles. The van der Waals surface area contributed by atoms with Crippen LogP contribution in [0.5, 0.6) is 0 Å². The maximum atomic E-state index is 13.1. The second-order valence-corrected chi connectivity index (χ2v) is 15.3. The van der Waals surface area contributed by atoms with E-state index >= 15 is 0 Å². The largest absolute Gasteiger partial charge is 0.444 e. The number of anilines is 1. The topological polar surface area (TPSA) is 69.6 Å².